The molecule has 0 amide bonds. The SMILES string of the molecule is C[C@@H]1O[C@@H](O[C@H]2[C@H](OC(=O)[C@]34CCC(C)(C)C[C@H]3C3=CC[C@@H]5[C@@]6(C)CC[C@H](O[C@@H]7O[C@H](CO[C@@H]8OC[C@H](O)[C@H](O)[C@H]8O)[C@@H](O)[C@H](O)[C@H]7O)C(C)(C)[C@@H]6CC[C@@]5(C)[C@]3(C)C[C@H]4O)OC[C@H](O)[C@@H]2O)[C@H](O)[C@H](O[C@@H]2O[C@H](CO)[C@@H](O)[C@H](O)[C@H]2O)[C@H]1O[C@@H]1OC[C@@H](O)[C@H](O)[C@H]1O. The standard InChI is InChI=1S/C63H102O30/c1-24-48(90-52-44(77)37(70)28(66)21-83-52)49(91-54-46(79)41(74)39(72)30(19-64)87-54)47(80)55(86-24)92-50-38(71)29(67)22-84-56(50)93-57(81)63-16-15-58(2,3)17-26(63)25-9-10-33-60(6)13-12-35(59(4,5)32(60)11-14-61(33,7)62(25,8)18-34(63)68)89-53-45(78)42(75)40(73)31(88-53)23-85-51-43(76)36(69)27(65)20-82-51/h9,24,26-56,64-80H,10-23H2,1-8H3/t24-,26-,27-,28+,29-,30+,31+,32-,33+,34+,35-,36-,37-,38-,39+,40+,41-,42-,43+,44+,45+,46+,47+,48-,49-,50+,51-,52-,53-,54-,55-,56-,60-,61+,62+,63+/m0/s1. The highest BCUT2D eigenvalue weighted by Crippen LogP contribution is 2.76. The van der Waals surface area contributed by atoms with E-state index in [1.54, 1.807) is 0 Å². The number of aliphatic hydroxyl groups is 17. The summed E-state index contributed by atoms with van der Waals surface area (Å²) < 4.78 is 71.8. The normalized spacial score (nSPS) is 54.7. The smallest absolute Gasteiger partial charge is 0.317 e. The Bertz CT molecular complexity index is 2620. The van der Waals surface area contributed by atoms with Crippen molar-refractivity contribution in [2.24, 2.45) is 50.2 Å². The summed E-state index contributed by atoms with van der Waals surface area (Å²) in [5.41, 5.74) is -2.80. The first-order valence-electron chi connectivity index (χ1n) is 33.0. The lowest BCUT2D eigenvalue weighted by Gasteiger charge is -2.71. The Kier molecular flexibility index (Phi) is 20.9. The Morgan fingerprint density at radius 3 is 1.70 bits per heavy atom. The molecule has 0 aromatic heterocycles. The van der Waals surface area contributed by atoms with Gasteiger partial charge in [0.2, 0.25) is 6.29 Å². The van der Waals surface area contributed by atoms with Crippen LogP contribution in [0.1, 0.15) is 113 Å². The van der Waals surface area contributed by atoms with Crippen LogP contribution >= 0.6 is 0 Å². The van der Waals surface area contributed by atoms with E-state index in [-0.39, 0.29) is 42.1 Å². The highest BCUT2D eigenvalue weighted by molar-refractivity contribution is 5.80. The topological polar surface area (TPSA) is 472 Å². The molecule has 0 unspecified atom stereocenters. The predicted molar refractivity (Wildman–Crippen MR) is 310 cm³/mol. The van der Waals surface area contributed by atoms with E-state index in [1.807, 2.05) is 0 Å². The van der Waals surface area contributed by atoms with Crippen LogP contribution in [-0.2, 0) is 61.6 Å². The minimum Gasteiger partial charge on any atom is -0.432 e. The molecule has 11 rings (SSSR count). The van der Waals surface area contributed by atoms with Crippen LogP contribution in [0.25, 0.3) is 0 Å². The quantitative estimate of drug-likeness (QED) is 0.0443. The molecule has 30 heteroatoms. The van der Waals surface area contributed by atoms with Crippen molar-refractivity contribution in [3.05, 3.63) is 11.6 Å². The first kappa shape index (κ1) is 72.3. The first-order chi connectivity index (χ1) is 43.6. The average Bonchev–Trinajstić information content (AvgIpc) is 0.672. The summed E-state index contributed by atoms with van der Waals surface area (Å²) in [4.78, 5) is 15.7. The van der Waals surface area contributed by atoms with Crippen molar-refractivity contribution in [2.45, 2.75) is 291 Å². The third-order valence-corrected chi connectivity index (χ3v) is 24.4. The molecule has 30 nitrogen and oxygen atoms in total. The van der Waals surface area contributed by atoms with Crippen LogP contribution in [0.4, 0.5) is 0 Å². The van der Waals surface area contributed by atoms with Crippen LogP contribution < -0.4 is 0 Å². The lowest BCUT2D eigenvalue weighted by molar-refractivity contribution is -0.392. The van der Waals surface area contributed by atoms with Crippen LogP contribution in [0.15, 0.2) is 11.6 Å². The van der Waals surface area contributed by atoms with Gasteiger partial charge in [0.1, 0.15) is 121 Å². The number of fused-ring (bicyclic) bond motifs is 7. The first-order valence-corrected chi connectivity index (χ1v) is 33.0. The van der Waals surface area contributed by atoms with Gasteiger partial charge in [-0.05, 0) is 110 Å². The van der Waals surface area contributed by atoms with Crippen molar-refractivity contribution in [1.29, 1.82) is 0 Å². The van der Waals surface area contributed by atoms with Crippen LogP contribution in [0.5, 0.6) is 0 Å². The van der Waals surface area contributed by atoms with Crippen molar-refractivity contribution in [3.8, 4) is 0 Å². The summed E-state index contributed by atoms with van der Waals surface area (Å²) in [5.74, 6) is -1.29. The highest BCUT2D eigenvalue weighted by Gasteiger charge is 2.72. The Labute approximate surface area is 539 Å². The maximum Gasteiger partial charge on any atom is 0.317 e. The summed E-state index contributed by atoms with van der Waals surface area (Å²) in [7, 11) is 0. The molecule has 6 saturated heterocycles. The Balaban J connectivity index is 0.818. The van der Waals surface area contributed by atoms with E-state index in [0.717, 1.165) is 18.4 Å². The Hall–Kier alpha value is -1.91. The van der Waals surface area contributed by atoms with Crippen molar-refractivity contribution in [1.82, 2.24) is 0 Å². The lowest BCUT2D eigenvalue weighted by Crippen LogP contribution is -2.68. The fraction of sp³-hybridized carbons (Fsp3) is 0.952. The number of carbonyl (C=O) groups excluding carboxylic acids is 1. The van der Waals surface area contributed by atoms with Gasteiger partial charge in [0, 0.05) is 0 Å². The number of allylic oxidation sites excluding steroid dienone is 2. The zero-order chi connectivity index (χ0) is 67.7. The zero-order valence-electron chi connectivity index (χ0n) is 53.9. The molecular formula is C63H102O30. The molecule has 4 saturated carbocycles. The molecule has 0 aromatic carbocycles. The van der Waals surface area contributed by atoms with Crippen molar-refractivity contribution >= 4 is 5.97 Å². The predicted octanol–water partition coefficient (Wildman–Crippen LogP) is -4.47. The number of esters is 1. The lowest BCUT2D eigenvalue weighted by atomic mass is 9.33. The molecule has 0 bridgehead atoms. The number of aliphatic hydroxyl groups excluding tert-OH is 17. The van der Waals surface area contributed by atoms with Gasteiger partial charge in [-0.2, -0.15) is 0 Å². The van der Waals surface area contributed by atoms with Crippen molar-refractivity contribution in [3.63, 3.8) is 0 Å². The molecule has 0 spiro atoms. The molecular weight excluding hydrogens is 1240 g/mol. The van der Waals surface area contributed by atoms with Crippen molar-refractivity contribution < 1.29 is 148 Å². The molecule has 5 aliphatic carbocycles. The molecule has 0 aromatic rings. The maximum atomic E-state index is 15.7. The van der Waals surface area contributed by atoms with E-state index in [2.05, 4.69) is 54.5 Å². The van der Waals surface area contributed by atoms with Gasteiger partial charge in [-0.1, -0.05) is 60.1 Å². The zero-order valence-corrected chi connectivity index (χ0v) is 53.9. The van der Waals surface area contributed by atoms with Gasteiger partial charge in [-0.3, -0.25) is 4.79 Å². The van der Waals surface area contributed by atoms with Crippen LogP contribution in [0.2, 0.25) is 0 Å². The summed E-state index contributed by atoms with van der Waals surface area (Å²) in [6.07, 6.45) is -39.9. The number of hydrogen-bond donors (Lipinski definition) is 17. The van der Waals surface area contributed by atoms with E-state index in [1.165, 1.54) is 6.92 Å². The monoisotopic (exact) mass is 1340 g/mol. The molecule has 93 heavy (non-hydrogen) atoms. The van der Waals surface area contributed by atoms with E-state index < -0.39 is 238 Å². The van der Waals surface area contributed by atoms with E-state index in [0.29, 0.717) is 32.1 Å². The molecule has 6 aliphatic heterocycles. The minimum absolute atomic E-state index is 0.0492. The van der Waals surface area contributed by atoms with E-state index in [4.69, 9.17) is 56.8 Å². The summed E-state index contributed by atoms with van der Waals surface area (Å²) in [6, 6.07) is 0. The second-order valence-corrected chi connectivity index (χ2v) is 30.7. The van der Waals surface area contributed by atoms with E-state index >= 15 is 4.79 Å². The third kappa shape index (κ3) is 12.4. The second-order valence-electron chi connectivity index (χ2n) is 30.7. The second kappa shape index (κ2) is 26.9. The van der Waals surface area contributed by atoms with Gasteiger partial charge in [0.05, 0.1) is 51.3 Å². The van der Waals surface area contributed by atoms with Crippen LogP contribution in [0.3, 0.4) is 0 Å². The fourth-order valence-corrected chi connectivity index (χ4v) is 18.6. The Morgan fingerprint density at radius 2 is 1.05 bits per heavy atom. The molecule has 6 heterocycles. The number of carbonyl (C=O) groups is 1. The van der Waals surface area contributed by atoms with Gasteiger partial charge in [0.15, 0.2) is 37.6 Å². The van der Waals surface area contributed by atoms with E-state index in [9.17, 15) is 86.8 Å². The summed E-state index contributed by atoms with van der Waals surface area (Å²) in [5, 5.41) is 186. The molecule has 11 aliphatic rings. The van der Waals surface area contributed by atoms with Crippen LogP contribution in [0, 0.1) is 50.2 Å². The molecule has 10 fully saturated rings. The van der Waals surface area contributed by atoms with Crippen LogP contribution in [-0.4, -0.2) is 304 Å². The molecule has 0 radical (unpaired) electrons. The highest BCUT2D eigenvalue weighted by atomic mass is 16.8. The van der Waals surface area contributed by atoms with Gasteiger partial charge in [-0.25, -0.2) is 0 Å². The minimum atomic E-state index is -2.07. The summed E-state index contributed by atoms with van der Waals surface area (Å²) in [6.45, 7) is 14.1. The number of hydrogen-bond acceptors (Lipinski definition) is 30. The fourth-order valence-electron chi connectivity index (χ4n) is 18.6. The van der Waals surface area contributed by atoms with Gasteiger partial charge in [0.25, 0.3) is 0 Å². The Morgan fingerprint density at radius 1 is 0.516 bits per heavy atom. The number of rotatable bonds is 14. The molecule has 17 N–H and O–H groups in total. The van der Waals surface area contributed by atoms with Crippen molar-refractivity contribution in [2.75, 3.05) is 33.0 Å². The molecule has 36 atom stereocenters. The summed E-state index contributed by atoms with van der Waals surface area (Å²) >= 11 is 0. The molecule has 534 valence electrons. The van der Waals surface area contributed by atoms with Gasteiger partial charge >= 0.3 is 5.97 Å². The number of ether oxygens (including phenoxy) is 12. The maximum absolute atomic E-state index is 15.7. The third-order valence-electron chi connectivity index (χ3n) is 24.4. The van der Waals surface area contributed by atoms with Gasteiger partial charge in [-0.15, -0.1) is 0 Å². The largest absolute Gasteiger partial charge is 0.432 e. The van der Waals surface area contributed by atoms with Gasteiger partial charge < -0.3 is 144 Å². The average molecular weight is 1340 g/mol.